The van der Waals surface area contributed by atoms with Crippen molar-refractivity contribution in [2.45, 2.75) is 25.0 Å². The fourth-order valence-electron chi connectivity index (χ4n) is 2.12. The first kappa shape index (κ1) is 18.4. The maximum Gasteiger partial charge on any atom is 0.215 e. The lowest BCUT2D eigenvalue weighted by Crippen LogP contribution is -2.24. The van der Waals surface area contributed by atoms with Crippen LogP contribution >= 0.6 is 23.4 Å². The predicted molar refractivity (Wildman–Crippen MR) is 101 cm³/mol. The first-order valence-corrected chi connectivity index (χ1v) is 8.90. The van der Waals surface area contributed by atoms with Crippen molar-refractivity contribution in [2.24, 2.45) is 0 Å². The zero-order chi connectivity index (χ0) is 17.5. The monoisotopic (exact) mass is 365 g/mol. The second-order valence-electron chi connectivity index (χ2n) is 5.01. The minimum atomic E-state index is 0.298. The van der Waals surface area contributed by atoms with E-state index < -0.39 is 0 Å². The number of nitrogen functional groups attached to an aromatic ring is 1. The van der Waals surface area contributed by atoms with Gasteiger partial charge in [0.15, 0.2) is 16.8 Å². The highest BCUT2D eigenvalue weighted by atomic mass is 35.5. The standard InChI is InChI=1S/C16H20ClN5OS/c1-3-8-24-16-20-14(18)13(19-2)15(21-16)22(10-23)9-11-6-4-5-7-12(11)17/h4-7,10,19H,3,8-9H2,1-2H3,(H2,18,20,21). The van der Waals surface area contributed by atoms with E-state index in [0.717, 1.165) is 24.1 Å². The van der Waals surface area contributed by atoms with E-state index in [1.54, 1.807) is 13.1 Å². The Balaban J connectivity index is 2.40. The molecule has 0 atom stereocenters. The second-order valence-corrected chi connectivity index (χ2v) is 6.48. The molecule has 1 heterocycles. The quantitative estimate of drug-likeness (QED) is 0.423. The van der Waals surface area contributed by atoms with Crippen molar-refractivity contribution in [3.63, 3.8) is 0 Å². The number of halogens is 1. The number of nitrogens with zero attached hydrogens (tertiary/aromatic N) is 3. The minimum absolute atomic E-state index is 0.298. The van der Waals surface area contributed by atoms with Crippen molar-refractivity contribution in [3.05, 3.63) is 34.9 Å². The molecule has 0 spiro atoms. The van der Waals surface area contributed by atoms with Crippen LogP contribution in [0.4, 0.5) is 17.3 Å². The number of rotatable bonds is 8. The zero-order valence-corrected chi connectivity index (χ0v) is 15.2. The molecule has 1 aromatic heterocycles. The summed E-state index contributed by atoms with van der Waals surface area (Å²) in [6, 6.07) is 7.38. The maximum atomic E-state index is 11.7. The van der Waals surface area contributed by atoms with Crippen LogP contribution in [0.25, 0.3) is 0 Å². The molecule has 0 saturated carbocycles. The van der Waals surface area contributed by atoms with Crippen LogP contribution in [0.3, 0.4) is 0 Å². The van der Waals surface area contributed by atoms with Crippen molar-refractivity contribution in [1.29, 1.82) is 0 Å². The van der Waals surface area contributed by atoms with Crippen LogP contribution in [0.1, 0.15) is 18.9 Å². The molecule has 0 aliphatic rings. The van der Waals surface area contributed by atoms with E-state index in [4.69, 9.17) is 17.3 Å². The van der Waals surface area contributed by atoms with Gasteiger partial charge in [-0.3, -0.25) is 9.69 Å². The summed E-state index contributed by atoms with van der Waals surface area (Å²) in [7, 11) is 1.72. The summed E-state index contributed by atoms with van der Waals surface area (Å²) in [5.41, 5.74) is 7.37. The van der Waals surface area contributed by atoms with E-state index in [0.29, 0.717) is 34.0 Å². The van der Waals surface area contributed by atoms with Gasteiger partial charge in [-0.15, -0.1) is 0 Å². The summed E-state index contributed by atoms with van der Waals surface area (Å²) in [6.45, 7) is 2.38. The smallest absolute Gasteiger partial charge is 0.215 e. The van der Waals surface area contributed by atoms with E-state index >= 15 is 0 Å². The van der Waals surface area contributed by atoms with Gasteiger partial charge >= 0.3 is 0 Å². The lowest BCUT2D eigenvalue weighted by Gasteiger charge is -2.21. The van der Waals surface area contributed by atoms with Gasteiger partial charge in [-0.05, 0) is 18.1 Å². The molecular weight excluding hydrogens is 346 g/mol. The van der Waals surface area contributed by atoms with Crippen molar-refractivity contribution in [1.82, 2.24) is 9.97 Å². The molecule has 1 aromatic carbocycles. The third-order valence-electron chi connectivity index (χ3n) is 3.28. The fourth-order valence-corrected chi connectivity index (χ4v) is 3.02. The molecule has 0 radical (unpaired) electrons. The van der Waals surface area contributed by atoms with Gasteiger partial charge < -0.3 is 11.1 Å². The first-order valence-electron chi connectivity index (χ1n) is 7.54. The zero-order valence-electron chi connectivity index (χ0n) is 13.6. The maximum absolute atomic E-state index is 11.7. The molecule has 6 nitrogen and oxygen atoms in total. The molecule has 2 aromatic rings. The summed E-state index contributed by atoms with van der Waals surface area (Å²) in [5, 5.41) is 4.12. The molecule has 0 aliphatic heterocycles. The van der Waals surface area contributed by atoms with Crippen LogP contribution in [0.15, 0.2) is 29.4 Å². The normalized spacial score (nSPS) is 10.5. The summed E-state index contributed by atoms with van der Waals surface area (Å²) in [4.78, 5) is 21.9. The van der Waals surface area contributed by atoms with Crippen LogP contribution in [0, 0.1) is 0 Å². The Labute approximate surface area is 150 Å². The molecule has 0 fully saturated rings. The number of benzene rings is 1. The summed E-state index contributed by atoms with van der Waals surface area (Å²) >= 11 is 7.70. The molecule has 1 amide bonds. The van der Waals surface area contributed by atoms with Gasteiger partial charge in [0, 0.05) is 17.8 Å². The molecular formula is C16H20ClN5OS. The van der Waals surface area contributed by atoms with Crippen LogP contribution in [-0.2, 0) is 11.3 Å². The van der Waals surface area contributed by atoms with E-state index in [2.05, 4.69) is 22.2 Å². The number of carbonyl (C=O) groups excluding carboxylic acids is 1. The van der Waals surface area contributed by atoms with Crippen LogP contribution in [0.5, 0.6) is 0 Å². The van der Waals surface area contributed by atoms with E-state index in [9.17, 15) is 4.79 Å². The van der Waals surface area contributed by atoms with Gasteiger partial charge in [-0.25, -0.2) is 9.97 Å². The lowest BCUT2D eigenvalue weighted by atomic mass is 10.2. The summed E-state index contributed by atoms with van der Waals surface area (Å²) in [6.07, 6.45) is 1.72. The number of nitrogens with two attached hydrogens (primary N) is 1. The van der Waals surface area contributed by atoms with Crippen LogP contribution in [0.2, 0.25) is 5.02 Å². The Morgan fingerprint density at radius 3 is 2.75 bits per heavy atom. The Morgan fingerprint density at radius 2 is 2.12 bits per heavy atom. The van der Waals surface area contributed by atoms with Gasteiger partial charge in [0.05, 0.1) is 6.54 Å². The van der Waals surface area contributed by atoms with Crippen molar-refractivity contribution >= 4 is 47.1 Å². The van der Waals surface area contributed by atoms with Gasteiger partial charge in [0.25, 0.3) is 0 Å². The number of thioether (sulfide) groups is 1. The van der Waals surface area contributed by atoms with Gasteiger partial charge in [0.2, 0.25) is 6.41 Å². The Bertz CT molecular complexity index is 713. The second kappa shape index (κ2) is 8.75. The molecule has 8 heteroatoms. The largest absolute Gasteiger partial charge is 0.382 e. The fraction of sp³-hybridized carbons (Fsp3) is 0.312. The van der Waals surface area contributed by atoms with Crippen LogP contribution in [-0.4, -0.2) is 29.2 Å². The molecule has 0 unspecified atom stereocenters. The summed E-state index contributed by atoms with van der Waals surface area (Å²) in [5.74, 6) is 1.63. The predicted octanol–water partition coefficient (Wildman–Crippen LogP) is 3.42. The molecule has 2 rings (SSSR count). The highest BCUT2D eigenvalue weighted by Gasteiger charge is 2.18. The highest BCUT2D eigenvalue weighted by Crippen LogP contribution is 2.32. The minimum Gasteiger partial charge on any atom is -0.382 e. The number of nitrogens with one attached hydrogen (secondary N) is 1. The third kappa shape index (κ3) is 4.30. The van der Waals surface area contributed by atoms with E-state index in [-0.39, 0.29) is 0 Å². The van der Waals surface area contributed by atoms with E-state index in [1.807, 2.05) is 18.2 Å². The average Bonchev–Trinajstić information content (AvgIpc) is 2.58. The summed E-state index contributed by atoms with van der Waals surface area (Å²) < 4.78 is 0. The molecule has 0 saturated heterocycles. The number of aromatic nitrogens is 2. The average molecular weight is 366 g/mol. The highest BCUT2D eigenvalue weighted by molar-refractivity contribution is 7.99. The number of anilines is 3. The SMILES string of the molecule is CCCSc1nc(N)c(NC)c(N(C=O)Cc2ccccc2Cl)n1. The van der Waals surface area contributed by atoms with Crippen molar-refractivity contribution in [3.8, 4) is 0 Å². The molecule has 128 valence electrons. The molecule has 3 N–H and O–H groups in total. The number of carbonyl (C=O) groups is 1. The third-order valence-corrected chi connectivity index (χ3v) is 4.70. The van der Waals surface area contributed by atoms with Gasteiger partial charge in [-0.2, -0.15) is 0 Å². The first-order chi connectivity index (χ1) is 11.6. The van der Waals surface area contributed by atoms with Crippen molar-refractivity contribution in [2.75, 3.05) is 28.8 Å². The Hall–Kier alpha value is -1.99. The van der Waals surface area contributed by atoms with Gasteiger partial charge in [-0.1, -0.05) is 48.5 Å². The molecule has 24 heavy (non-hydrogen) atoms. The Morgan fingerprint density at radius 1 is 1.38 bits per heavy atom. The Kier molecular flexibility index (Phi) is 6.69. The molecule has 0 aliphatic carbocycles. The molecule has 0 bridgehead atoms. The number of hydrogen-bond acceptors (Lipinski definition) is 6. The van der Waals surface area contributed by atoms with E-state index in [1.165, 1.54) is 16.7 Å². The number of hydrogen-bond donors (Lipinski definition) is 2. The number of amides is 1. The topological polar surface area (TPSA) is 84.1 Å². The van der Waals surface area contributed by atoms with Crippen molar-refractivity contribution < 1.29 is 4.79 Å². The lowest BCUT2D eigenvalue weighted by molar-refractivity contribution is -0.107. The van der Waals surface area contributed by atoms with Gasteiger partial charge in [0.1, 0.15) is 5.69 Å². The van der Waals surface area contributed by atoms with Crippen LogP contribution < -0.4 is 16.0 Å².